The van der Waals surface area contributed by atoms with E-state index >= 15 is 0 Å². The maximum atomic E-state index is 13.2. The fourth-order valence-electron chi connectivity index (χ4n) is 1.64. The van der Waals surface area contributed by atoms with Crippen LogP contribution < -0.4 is 4.74 Å². The van der Waals surface area contributed by atoms with Crippen LogP contribution in [0.1, 0.15) is 44.6 Å². The summed E-state index contributed by atoms with van der Waals surface area (Å²) in [7, 11) is 0. The van der Waals surface area contributed by atoms with Crippen molar-refractivity contribution in [3.63, 3.8) is 0 Å². The van der Waals surface area contributed by atoms with Crippen LogP contribution in [-0.2, 0) is 0 Å². The quantitative estimate of drug-likeness (QED) is 0.603. The molecule has 0 amide bonds. The molecule has 0 aliphatic carbocycles. The Kier molecular flexibility index (Phi) is 7.69. The average Bonchev–Trinajstić information content (AvgIpc) is 2.41. The standard InChI is InChI=1S/C16H21FO2/c1-2-3-4-7-12-19-16-13-15(17)10-9-14(16)8-5-6-11-18/h9-10,13,18H,2-4,6-7,11-12H2,1H3. The minimum atomic E-state index is -0.323. The Balaban J connectivity index is 2.59. The third-order valence-electron chi connectivity index (χ3n) is 2.66. The number of halogens is 1. The van der Waals surface area contributed by atoms with Gasteiger partial charge in [-0.1, -0.05) is 38.0 Å². The van der Waals surface area contributed by atoms with E-state index in [1.165, 1.54) is 25.0 Å². The summed E-state index contributed by atoms with van der Waals surface area (Å²) < 4.78 is 18.8. The van der Waals surface area contributed by atoms with E-state index in [4.69, 9.17) is 9.84 Å². The predicted octanol–water partition coefficient (Wildman–Crippen LogP) is 3.52. The van der Waals surface area contributed by atoms with Gasteiger partial charge in [-0.3, -0.25) is 0 Å². The summed E-state index contributed by atoms with van der Waals surface area (Å²) in [6, 6.07) is 4.34. The largest absolute Gasteiger partial charge is 0.492 e. The van der Waals surface area contributed by atoms with Crippen LogP contribution in [0.5, 0.6) is 5.75 Å². The first kappa shape index (κ1) is 15.5. The molecule has 0 aliphatic heterocycles. The second-order valence-corrected chi connectivity index (χ2v) is 4.32. The molecule has 0 aliphatic rings. The minimum Gasteiger partial charge on any atom is -0.492 e. The van der Waals surface area contributed by atoms with E-state index in [2.05, 4.69) is 18.8 Å². The molecule has 0 aromatic heterocycles. The topological polar surface area (TPSA) is 29.5 Å². The van der Waals surface area contributed by atoms with Crippen LogP contribution in [0.3, 0.4) is 0 Å². The van der Waals surface area contributed by atoms with Gasteiger partial charge in [0.05, 0.1) is 18.8 Å². The molecule has 0 radical (unpaired) electrons. The Morgan fingerprint density at radius 2 is 2.11 bits per heavy atom. The number of aliphatic hydroxyl groups excluding tert-OH is 1. The number of ether oxygens (including phenoxy) is 1. The minimum absolute atomic E-state index is 0.0292. The highest BCUT2D eigenvalue weighted by molar-refractivity contribution is 5.46. The van der Waals surface area contributed by atoms with E-state index in [-0.39, 0.29) is 12.4 Å². The molecular formula is C16H21FO2. The third kappa shape index (κ3) is 6.26. The molecule has 0 unspecified atom stereocenters. The van der Waals surface area contributed by atoms with Gasteiger partial charge in [-0.25, -0.2) is 4.39 Å². The Morgan fingerprint density at radius 3 is 2.84 bits per heavy atom. The van der Waals surface area contributed by atoms with Crippen molar-refractivity contribution in [1.29, 1.82) is 0 Å². The van der Waals surface area contributed by atoms with Crippen molar-refractivity contribution in [2.75, 3.05) is 13.2 Å². The molecule has 0 saturated heterocycles. The summed E-state index contributed by atoms with van der Waals surface area (Å²) in [6.45, 7) is 2.77. The zero-order valence-electron chi connectivity index (χ0n) is 11.4. The molecule has 1 rings (SSSR count). The van der Waals surface area contributed by atoms with Gasteiger partial charge in [0.15, 0.2) is 0 Å². The second-order valence-electron chi connectivity index (χ2n) is 4.32. The summed E-state index contributed by atoms with van der Waals surface area (Å²) in [4.78, 5) is 0. The molecule has 0 atom stereocenters. The van der Waals surface area contributed by atoms with Crippen molar-refractivity contribution in [3.8, 4) is 17.6 Å². The van der Waals surface area contributed by atoms with Crippen molar-refractivity contribution in [1.82, 2.24) is 0 Å². The smallest absolute Gasteiger partial charge is 0.137 e. The molecule has 2 nitrogen and oxygen atoms in total. The first-order chi connectivity index (χ1) is 9.27. The Hall–Kier alpha value is -1.53. The lowest BCUT2D eigenvalue weighted by Gasteiger charge is -2.08. The fraction of sp³-hybridized carbons (Fsp3) is 0.500. The van der Waals surface area contributed by atoms with Gasteiger partial charge < -0.3 is 9.84 Å². The summed E-state index contributed by atoms with van der Waals surface area (Å²) >= 11 is 0. The van der Waals surface area contributed by atoms with Crippen LogP contribution in [0.15, 0.2) is 18.2 Å². The number of hydrogen-bond acceptors (Lipinski definition) is 2. The second kappa shape index (κ2) is 9.41. The summed E-state index contributed by atoms with van der Waals surface area (Å²) in [6.07, 6.45) is 4.87. The van der Waals surface area contributed by atoms with E-state index < -0.39 is 0 Å². The molecule has 1 N–H and O–H groups in total. The number of aliphatic hydroxyl groups is 1. The zero-order valence-corrected chi connectivity index (χ0v) is 11.4. The van der Waals surface area contributed by atoms with Crippen LogP contribution in [0.25, 0.3) is 0 Å². The average molecular weight is 264 g/mol. The number of hydrogen-bond donors (Lipinski definition) is 1. The van der Waals surface area contributed by atoms with Crippen LogP contribution in [0, 0.1) is 17.7 Å². The van der Waals surface area contributed by atoms with Crippen LogP contribution >= 0.6 is 0 Å². The Labute approximate surface area is 114 Å². The fourth-order valence-corrected chi connectivity index (χ4v) is 1.64. The lowest BCUT2D eigenvalue weighted by atomic mass is 10.2. The molecule has 3 heteroatoms. The monoisotopic (exact) mass is 264 g/mol. The summed E-state index contributed by atoms with van der Waals surface area (Å²) in [5, 5.41) is 8.69. The molecule has 1 aromatic carbocycles. The van der Waals surface area contributed by atoms with Gasteiger partial charge in [0.2, 0.25) is 0 Å². The molecule has 0 heterocycles. The molecular weight excluding hydrogens is 243 g/mol. The lowest BCUT2D eigenvalue weighted by Crippen LogP contribution is -1.99. The van der Waals surface area contributed by atoms with Crippen molar-refractivity contribution in [2.45, 2.75) is 39.0 Å². The van der Waals surface area contributed by atoms with Gasteiger partial charge in [-0.05, 0) is 18.6 Å². The van der Waals surface area contributed by atoms with Gasteiger partial charge in [-0.2, -0.15) is 0 Å². The van der Waals surface area contributed by atoms with E-state index in [0.717, 1.165) is 12.8 Å². The lowest BCUT2D eigenvalue weighted by molar-refractivity contribution is 0.302. The van der Waals surface area contributed by atoms with Crippen LogP contribution in [0.4, 0.5) is 4.39 Å². The van der Waals surface area contributed by atoms with E-state index in [1.807, 2.05) is 0 Å². The number of rotatable bonds is 7. The molecule has 0 saturated carbocycles. The third-order valence-corrected chi connectivity index (χ3v) is 2.66. The molecule has 0 bridgehead atoms. The van der Waals surface area contributed by atoms with Crippen LogP contribution in [0.2, 0.25) is 0 Å². The Bertz CT molecular complexity index is 432. The van der Waals surface area contributed by atoms with Gasteiger partial charge in [0, 0.05) is 12.5 Å². The highest BCUT2D eigenvalue weighted by atomic mass is 19.1. The van der Waals surface area contributed by atoms with Crippen LogP contribution in [-0.4, -0.2) is 18.3 Å². The highest BCUT2D eigenvalue weighted by Crippen LogP contribution is 2.19. The summed E-state index contributed by atoms with van der Waals surface area (Å²) in [5.74, 6) is 5.88. The summed E-state index contributed by atoms with van der Waals surface area (Å²) in [5.41, 5.74) is 0.672. The zero-order chi connectivity index (χ0) is 13.9. The first-order valence-corrected chi connectivity index (χ1v) is 6.80. The predicted molar refractivity (Wildman–Crippen MR) is 74.6 cm³/mol. The van der Waals surface area contributed by atoms with E-state index in [9.17, 15) is 4.39 Å². The van der Waals surface area contributed by atoms with Gasteiger partial charge in [-0.15, -0.1) is 0 Å². The highest BCUT2D eigenvalue weighted by Gasteiger charge is 2.03. The van der Waals surface area contributed by atoms with Crippen molar-refractivity contribution >= 4 is 0 Å². The van der Waals surface area contributed by atoms with Crippen molar-refractivity contribution in [2.24, 2.45) is 0 Å². The first-order valence-electron chi connectivity index (χ1n) is 6.80. The Morgan fingerprint density at radius 1 is 1.26 bits per heavy atom. The number of unbranched alkanes of at least 4 members (excludes halogenated alkanes) is 3. The van der Waals surface area contributed by atoms with Crippen molar-refractivity contribution in [3.05, 3.63) is 29.6 Å². The molecule has 104 valence electrons. The molecule has 0 fully saturated rings. The van der Waals surface area contributed by atoms with Gasteiger partial charge in [0.1, 0.15) is 11.6 Å². The molecule has 0 spiro atoms. The molecule has 1 aromatic rings. The van der Waals surface area contributed by atoms with Gasteiger partial charge >= 0.3 is 0 Å². The maximum absolute atomic E-state index is 13.2. The maximum Gasteiger partial charge on any atom is 0.137 e. The molecule has 19 heavy (non-hydrogen) atoms. The van der Waals surface area contributed by atoms with E-state index in [0.29, 0.717) is 24.3 Å². The SMILES string of the molecule is CCCCCCOc1cc(F)ccc1C#CCCO. The number of benzene rings is 1. The normalized spacial score (nSPS) is 9.84. The van der Waals surface area contributed by atoms with Crippen molar-refractivity contribution < 1.29 is 14.2 Å². The van der Waals surface area contributed by atoms with E-state index in [1.54, 1.807) is 6.07 Å². The van der Waals surface area contributed by atoms with Gasteiger partial charge in [0.25, 0.3) is 0 Å².